The van der Waals surface area contributed by atoms with Crippen LogP contribution >= 0.6 is 11.8 Å². The SMILES string of the molecule is CCC(=O)c1ccc(-c2ccc(SC(F)F)cc2)cc1. The highest BCUT2D eigenvalue weighted by Gasteiger charge is 2.06. The minimum absolute atomic E-state index is 0.111. The van der Waals surface area contributed by atoms with Crippen molar-refractivity contribution >= 4 is 17.5 Å². The lowest BCUT2D eigenvalue weighted by Crippen LogP contribution is -1.95. The minimum Gasteiger partial charge on any atom is -0.294 e. The van der Waals surface area contributed by atoms with Gasteiger partial charge in [-0.2, -0.15) is 8.78 Å². The van der Waals surface area contributed by atoms with Crippen molar-refractivity contribution in [2.45, 2.75) is 24.0 Å². The van der Waals surface area contributed by atoms with E-state index in [1.807, 2.05) is 19.1 Å². The van der Waals surface area contributed by atoms with Gasteiger partial charge in [-0.3, -0.25) is 4.79 Å². The van der Waals surface area contributed by atoms with Crippen molar-refractivity contribution in [3.05, 3.63) is 54.1 Å². The van der Waals surface area contributed by atoms with E-state index in [2.05, 4.69) is 0 Å². The minimum atomic E-state index is -2.40. The molecule has 0 bridgehead atoms. The van der Waals surface area contributed by atoms with Gasteiger partial charge in [0.25, 0.3) is 5.76 Å². The Labute approximate surface area is 121 Å². The molecule has 0 atom stereocenters. The average molecular weight is 292 g/mol. The third kappa shape index (κ3) is 3.67. The molecule has 0 N–H and O–H groups in total. The molecule has 0 saturated carbocycles. The van der Waals surface area contributed by atoms with E-state index in [9.17, 15) is 13.6 Å². The molecule has 104 valence electrons. The molecule has 0 aliphatic heterocycles. The molecule has 1 nitrogen and oxygen atoms in total. The molecule has 2 rings (SSSR count). The average Bonchev–Trinajstić information content (AvgIpc) is 2.47. The molecule has 2 aromatic rings. The van der Waals surface area contributed by atoms with Gasteiger partial charge in [0.15, 0.2) is 5.78 Å². The summed E-state index contributed by atoms with van der Waals surface area (Å²) in [6, 6.07) is 14.3. The number of alkyl halides is 2. The number of Topliss-reactive ketones (excluding diaryl/α,β-unsaturated/α-hetero) is 1. The van der Waals surface area contributed by atoms with Crippen LogP contribution in [0.3, 0.4) is 0 Å². The fourth-order valence-corrected chi connectivity index (χ4v) is 2.38. The predicted molar refractivity (Wildman–Crippen MR) is 78.4 cm³/mol. The van der Waals surface area contributed by atoms with Crippen LogP contribution in [0.1, 0.15) is 23.7 Å². The summed E-state index contributed by atoms with van der Waals surface area (Å²) in [5, 5.41) is 0. The Morgan fingerprint density at radius 1 is 1.00 bits per heavy atom. The summed E-state index contributed by atoms with van der Waals surface area (Å²) in [5.41, 5.74) is 2.60. The molecular weight excluding hydrogens is 278 g/mol. The van der Waals surface area contributed by atoms with Gasteiger partial charge in [0.05, 0.1) is 0 Å². The van der Waals surface area contributed by atoms with Gasteiger partial charge in [-0.05, 0) is 23.3 Å². The van der Waals surface area contributed by atoms with E-state index in [0.29, 0.717) is 28.6 Å². The Kier molecular flexibility index (Phi) is 4.90. The molecular formula is C16H14F2OS. The van der Waals surface area contributed by atoms with Crippen molar-refractivity contribution < 1.29 is 13.6 Å². The Hall–Kier alpha value is -1.68. The highest BCUT2D eigenvalue weighted by Crippen LogP contribution is 2.28. The molecule has 0 heterocycles. The Bertz CT molecular complexity index is 576. The molecule has 0 aromatic heterocycles. The van der Waals surface area contributed by atoms with Crippen LogP contribution in [-0.2, 0) is 0 Å². The van der Waals surface area contributed by atoms with Crippen LogP contribution in [0, 0.1) is 0 Å². The van der Waals surface area contributed by atoms with E-state index in [1.165, 1.54) is 0 Å². The molecule has 0 unspecified atom stereocenters. The summed E-state index contributed by atoms with van der Waals surface area (Å²) in [6.45, 7) is 1.83. The topological polar surface area (TPSA) is 17.1 Å². The van der Waals surface area contributed by atoms with Gasteiger partial charge in [0.2, 0.25) is 0 Å². The number of rotatable bonds is 5. The number of thioether (sulfide) groups is 1. The fourth-order valence-electron chi connectivity index (χ4n) is 1.88. The van der Waals surface area contributed by atoms with E-state index < -0.39 is 5.76 Å². The quantitative estimate of drug-likeness (QED) is 0.552. The van der Waals surface area contributed by atoms with E-state index in [0.717, 1.165) is 11.1 Å². The third-order valence-corrected chi connectivity index (χ3v) is 3.66. The number of halogens is 2. The number of carbonyl (C=O) groups is 1. The number of ketones is 1. The van der Waals surface area contributed by atoms with Crippen molar-refractivity contribution in [3.8, 4) is 11.1 Å². The first-order chi connectivity index (χ1) is 9.60. The van der Waals surface area contributed by atoms with E-state index in [-0.39, 0.29) is 5.78 Å². The van der Waals surface area contributed by atoms with Crippen molar-refractivity contribution in [2.75, 3.05) is 0 Å². The van der Waals surface area contributed by atoms with E-state index in [4.69, 9.17) is 0 Å². The lowest BCUT2D eigenvalue weighted by atomic mass is 10.0. The van der Waals surface area contributed by atoms with Crippen LogP contribution in [0.15, 0.2) is 53.4 Å². The third-order valence-electron chi connectivity index (χ3n) is 2.94. The molecule has 0 aliphatic rings. The van der Waals surface area contributed by atoms with Gasteiger partial charge in [0, 0.05) is 16.9 Å². The molecule has 0 radical (unpaired) electrons. The number of hydrogen-bond acceptors (Lipinski definition) is 2. The van der Waals surface area contributed by atoms with Gasteiger partial charge >= 0.3 is 0 Å². The molecule has 0 aliphatic carbocycles. The first-order valence-corrected chi connectivity index (χ1v) is 7.16. The molecule has 4 heteroatoms. The highest BCUT2D eigenvalue weighted by atomic mass is 32.2. The van der Waals surface area contributed by atoms with Crippen molar-refractivity contribution in [1.29, 1.82) is 0 Å². The van der Waals surface area contributed by atoms with E-state index >= 15 is 0 Å². The predicted octanol–water partition coefficient (Wildman–Crippen LogP) is 5.26. The lowest BCUT2D eigenvalue weighted by molar-refractivity contribution is 0.0988. The number of benzene rings is 2. The standard InChI is InChI=1S/C16H14F2OS/c1-2-15(19)13-5-3-11(4-6-13)12-7-9-14(10-8-12)20-16(17)18/h3-10,16H,2H2,1H3. The maximum absolute atomic E-state index is 12.2. The summed E-state index contributed by atoms with van der Waals surface area (Å²) < 4.78 is 24.5. The molecule has 2 aromatic carbocycles. The zero-order valence-electron chi connectivity index (χ0n) is 11.0. The zero-order valence-corrected chi connectivity index (χ0v) is 11.8. The van der Waals surface area contributed by atoms with Gasteiger partial charge in [-0.25, -0.2) is 0 Å². The zero-order chi connectivity index (χ0) is 14.5. The molecule has 0 amide bonds. The van der Waals surface area contributed by atoms with Crippen LogP contribution < -0.4 is 0 Å². The van der Waals surface area contributed by atoms with Gasteiger partial charge in [-0.1, -0.05) is 55.1 Å². The maximum Gasteiger partial charge on any atom is 0.288 e. The number of carbonyl (C=O) groups excluding carboxylic acids is 1. The van der Waals surface area contributed by atoms with Crippen LogP contribution in [-0.4, -0.2) is 11.5 Å². The monoisotopic (exact) mass is 292 g/mol. The van der Waals surface area contributed by atoms with Crippen LogP contribution in [0.4, 0.5) is 8.78 Å². The van der Waals surface area contributed by atoms with Crippen molar-refractivity contribution in [2.24, 2.45) is 0 Å². The maximum atomic E-state index is 12.2. The summed E-state index contributed by atoms with van der Waals surface area (Å²) in [7, 11) is 0. The summed E-state index contributed by atoms with van der Waals surface area (Å²) in [4.78, 5) is 12.1. The van der Waals surface area contributed by atoms with Gasteiger partial charge in [-0.15, -0.1) is 0 Å². The Morgan fingerprint density at radius 3 is 1.95 bits per heavy atom. The smallest absolute Gasteiger partial charge is 0.288 e. The fraction of sp³-hybridized carbons (Fsp3) is 0.188. The second-order valence-electron chi connectivity index (χ2n) is 4.26. The lowest BCUT2D eigenvalue weighted by Gasteiger charge is -2.05. The largest absolute Gasteiger partial charge is 0.294 e. The molecule has 0 fully saturated rings. The van der Waals surface area contributed by atoms with Crippen LogP contribution in [0.5, 0.6) is 0 Å². The second-order valence-corrected chi connectivity index (χ2v) is 5.32. The van der Waals surface area contributed by atoms with Crippen molar-refractivity contribution in [3.63, 3.8) is 0 Å². The first kappa shape index (κ1) is 14.7. The first-order valence-electron chi connectivity index (χ1n) is 6.28. The number of hydrogen-bond donors (Lipinski definition) is 0. The van der Waals surface area contributed by atoms with Crippen molar-refractivity contribution in [1.82, 2.24) is 0 Å². The normalized spacial score (nSPS) is 10.8. The Morgan fingerprint density at radius 2 is 1.50 bits per heavy atom. The summed E-state index contributed by atoms with van der Waals surface area (Å²) >= 11 is 0.534. The molecule has 0 spiro atoms. The summed E-state index contributed by atoms with van der Waals surface area (Å²) in [5.74, 6) is -2.29. The molecule has 20 heavy (non-hydrogen) atoms. The van der Waals surface area contributed by atoms with Crippen LogP contribution in [0.25, 0.3) is 11.1 Å². The van der Waals surface area contributed by atoms with E-state index in [1.54, 1.807) is 36.4 Å². The van der Waals surface area contributed by atoms with Gasteiger partial charge in [0.1, 0.15) is 0 Å². The summed E-state index contributed by atoms with van der Waals surface area (Å²) in [6.07, 6.45) is 0.485. The molecule has 0 saturated heterocycles. The van der Waals surface area contributed by atoms with Gasteiger partial charge < -0.3 is 0 Å². The highest BCUT2D eigenvalue weighted by molar-refractivity contribution is 7.99. The second kappa shape index (κ2) is 6.66. The van der Waals surface area contributed by atoms with Crippen LogP contribution in [0.2, 0.25) is 0 Å². The Balaban J connectivity index is 2.17.